The second-order valence-corrected chi connectivity index (χ2v) is 34.8. The number of rotatable bonds is 36. The second-order valence-electron chi connectivity index (χ2n) is 34.8. The van der Waals surface area contributed by atoms with Crippen LogP contribution in [0.5, 0.6) is 0 Å². The van der Waals surface area contributed by atoms with Gasteiger partial charge in [-0.15, -0.1) is 0 Å². The van der Waals surface area contributed by atoms with Crippen molar-refractivity contribution in [3.05, 3.63) is 310 Å². The number of esters is 1. The summed E-state index contributed by atoms with van der Waals surface area (Å²) in [5, 5.41) is 15.5. The highest BCUT2D eigenvalue weighted by molar-refractivity contribution is 6.17. The number of amides is 14. The summed E-state index contributed by atoms with van der Waals surface area (Å²) in [6, 6.07) is 61.1. The number of carbonyl (C=O) groups is 15. The van der Waals surface area contributed by atoms with Crippen molar-refractivity contribution in [3.8, 4) is 0 Å². The molecule has 31 heteroatoms. The van der Waals surface area contributed by atoms with E-state index >= 15 is 52.7 Å². The molecule has 8 rings (SSSR count). The zero-order valence-corrected chi connectivity index (χ0v) is 77.3. The molecule has 0 aliphatic rings. The fourth-order valence-corrected chi connectivity index (χ4v) is 13.0. The van der Waals surface area contributed by atoms with Crippen LogP contribution in [-0.2, 0) is 103 Å². The molecule has 8 aromatic rings. The number of nitrogens with zero attached hydrogens (tertiary/aromatic N) is 4. The smallest absolute Gasteiger partial charge is 0.421 e. The third-order valence-corrected chi connectivity index (χ3v) is 19.7. The summed E-state index contributed by atoms with van der Waals surface area (Å²) in [7, 11) is 1.15. The molecule has 133 heavy (non-hydrogen) atoms. The van der Waals surface area contributed by atoms with Crippen molar-refractivity contribution in [1.29, 1.82) is 0 Å². The molecule has 6 N–H and O–H groups in total. The van der Waals surface area contributed by atoms with Gasteiger partial charge in [0.05, 0.1) is 7.11 Å². The topological polar surface area (TPSA) is 397 Å². The molecule has 0 aromatic heterocycles. The summed E-state index contributed by atoms with van der Waals surface area (Å²) in [6.45, 7) is 18.9. The molecule has 0 aliphatic heterocycles. The Morgan fingerprint density at radius 1 is 0.301 bits per heavy atom. The van der Waals surface area contributed by atoms with Gasteiger partial charge in [-0.05, 0) is 170 Å². The number of methoxy groups -OCH3 is 1. The first-order valence-electron chi connectivity index (χ1n) is 42.8. The molecule has 0 aliphatic carbocycles. The van der Waals surface area contributed by atoms with Crippen molar-refractivity contribution in [2.45, 2.75) is 183 Å². The average molecular weight is 1820 g/mol. The van der Waals surface area contributed by atoms with Crippen LogP contribution in [0.3, 0.4) is 0 Å². The number of nitrogens with one attached hydrogen (secondary N) is 6. The van der Waals surface area contributed by atoms with Crippen molar-refractivity contribution in [2.75, 3.05) is 7.11 Å². The maximum Gasteiger partial charge on any atom is 0.421 e. The molecular weight excluding hydrogens is 1700 g/mol. The summed E-state index contributed by atoms with van der Waals surface area (Å²) in [5.41, 5.74) is -12.1. The lowest BCUT2D eigenvalue weighted by atomic mass is 9.99. The third kappa shape index (κ3) is 30.6. The minimum Gasteiger partial charge on any atom is -0.467 e. The highest BCUT2D eigenvalue weighted by Crippen LogP contribution is 2.30. The van der Waals surface area contributed by atoms with E-state index in [1.165, 1.54) is 62.4 Å². The first-order valence-corrected chi connectivity index (χ1v) is 42.8. The van der Waals surface area contributed by atoms with Crippen LogP contribution in [0, 0.1) is 11.8 Å². The van der Waals surface area contributed by atoms with Crippen LogP contribution in [0.1, 0.15) is 161 Å². The number of ether oxygens (including phenoxy) is 6. The molecule has 0 unspecified atom stereocenters. The molecule has 0 fully saturated rings. The highest BCUT2D eigenvalue weighted by atomic mass is 16.6. The van der Waals surface area contributed by atoms with Crippen molar-refractivity contribution in [1.82, 2.24) is 51.5 Å². The minimum atomic E-state index is -2.59. The van der Waals surface area contributed by atoms with E-state index in [0.717, 1.165) is 73.0 Å². The van der Waals surface area contributed by atoms with E-state index in [4.69, 9.17) is 28.4 Å². The fourth-order valence-electron chi connectivity index (χ4n) is 13.0. The third-order valence-electron chi connectivity index (χ3n) is 19.7. The van der Waals surface area contributed by atoms with Crippen molar-refractivity contribution < 1.29 is 100 Å². The zero-order valence-electron chi connectivity index (χ0n) is 77.3. The number of hydrogen-bond acceptors (Lipinski definition) is 21. The van der Waals surface area contributed by atoms with Gasteiger partial charge in [0, 0.05) is 0 Å². The standard InChI is InChI=1S/C102H114N10O21/c1-67(2)57-77(83(113)104-78(58-68(3)4)88(118)128-16)103-84(114)79(59-69-41-25-17-26-42-69)109(94(124)129-63-73-49-33-21-34-50-73)89(119)99(8,9)105-85(115)80(60-70-43-27-18-28-44-70)110(95(125)130-64-74-51-35-22-36-52-74)90(120)100(10,11)106-86(116)81(61-71-45-29-19-30-46-71)111(96(126)131-65-75-53-37-23-38-54-75)91(121)101(12,13)107-87(117)82(62-72-47-31-20-32-48-72)112(97(127)132-66-76-55-39-24-40-56-76)92(122)102(14,15)108-93(123)133-98(5,6)7/h17-56,59-62,67-68,77-78H,57-58,63-66H2,1-16H3,(H,103,114)(H,104,113)(H,105,115)(H,106,116)(H,107,117)(H,108,123)/b79-59+,80-60+,81-61+,82-62+/t77-,78-/m0/s1. The van der Waals surface area contributed by atoms with Gasteiger partial charge in [0.1, 0.15) is 89.1 Å². The van der Waals surface area contributed by atoms with Gasteiger partial charge in [0.15, 0.2) is 0 Å². The van der Waals surface area contributed by atoms with E-state index in [-0.39, 0.29) is 56.7 Å². The number of imide groups is 4. The lowest BCUT2D eigenvalue weighted by Gasteiger charge is -2.36. The SMILES string of the molecule is COC(=O)[C@H](CC(C)C)NC(=O)[C@H](CC(C)C)NC(=O)/C(=C\c1ccccc1)N(C(=O)OCc1ccccc1)C(=O)C(C)(C)NC(=O)/C(=C\c1ccccc1)N(C(=O)OCc1ccccc1)C(=O)C(C)(C)NC(=O)/C(=C\c1ccccc1)N(C(=O)OCc1ccccc1)C(=O)C(C)(C)NC(=O)/C(=C\c1ccccc1)N(C(=O)OCc1ccccc1)C(=O)C(C)(C)NC(=O)OC(C)(C)C. The first kappa shape index (κ1) is 103. The monoisotopic (exact) mass is 1810 g/mol. The largest absolute Gasteiger partial charge is 0.467 e. The quantitative estimate of drug-likeness (QED) is 0.0121. The van der Waals surface area contributed by atoms with Gasteiger partial charge in [-0.2, -0.15) is 0 Å². The highest BCUT2D eigenvalue weighted by Gasteiger charge is 2.50. The van der Waals surface area contributed by atoms with Crippen LogP contribution in [0.4, 0.5) is 24.0 Å². The second kappa shape index (κ2) is 47.2. The fraction of sp³-hybridized carbons (Fsp3) is 0.304. The maximum absolute atomic E-state index is 16.5. The average Bonchev–Trinajstić information content (AvgIpc) is 0.783. The molecule has 698 valence electrons. The molecule has 0 radical (unpaired) electrons. The molecule has 0 heterocycles. The molecule has 0 spiro atoms. The van der Waals surface area contributed by atoms with Crippen LogP contribution >= 0.6 is 0 Å². The van der Waals surface area contributed by atoms with Crippen molar-refractivity contribution >= 4 is 114 Å². The Morgan fingerprint density at radius 2 is 0.526 bits per heavy atom. The molecule has 0 saturated carbocycles. The van der Waals surface area contributed by atoms with E-state index in [1.54, 1.807) is 229 Å². The lowest BCUT2D eigenvalue weighted by Crippen LogP contribution is -2.63. The van der Waals surface area contributed by atoms with Crippen molar-refractivity contribution in [3.63, 3.8) is 0 Å². The number of benzene rings is 8. The van der Waals surface area contributed by atoms with Crippen LogP contribution < -0.4 is 31.9 Å². The summed E-state index contributed by atoms with van der Waals surface area (Å²) in [6.07, 6.45) is -2.76. The first-order chi connectivity index (χ1) is 62.9. The normalized spacial score (nSPS) is 12.5. The van der Waals surface area contributed by atoms with Gasteiger partial charge in [0.2, 0.25) is 5.91 Å². The predicted molar refractivity (Wildman–Crippen MR) is 496 cm³/mol. The number of carbonyl (C=O) groups excluding carboxylic acids is 15. The summed E-state index contributed by atoms with van der Waals surface area (Å²) in [5.74, 6) is -13.2. The Balaban J connectivity index is 1.26. The van der Waals surface area contributed by atoms with E-state index in [0.29, 0.717) is 32.1 Å². The van der Waals surface area contributed by atoms with Gasteiger partial charge >= 0.3 is 36.4 Å². The van der Waals surface area contributed by atoms with Gasteiger partial charge in [-0.25, -0.2) is 48.4 Å². The molecule has 14 amide bonds. The molecule has 2 atom stereocenters. The number of alkyl carbamates (subject to hydrolysis) is 1. The Labute approximate surface area is 773 Å². The predicted octanol–water partition coefficient (Wildman–Crippen LogP) is 15.0. The van der Waals surface area contributed by atoms with E-state index < -0.39 is 179 Å². The Kier molecular flexibility index (Phi) is 36.6. The van der Waals surface area contributed by atoms with Gasteiger partial charge in [-0.1, -0.05) is 270 Å². The molecule has 31 nitrogen and oxygen atoms in total. The van der Waals surface area contributed by atoms with E-state index in [9.17, 15) is 19.2 Å². The lowest BCUT2D eigenvalue weighted by molar-refractivity contribution is -0.146. The van der Waals surface area contributed by atoms with Gasteiger partial charge in [0.25, 0.3) is 47.3 Å². The van der Waals surface area contributed by atoms with Crippen LogP contribution in [0.25, 0.3) is 24.3 Å². The summed E-state index contributed by atoms with van der Waals surface area (Å²) < 4.78 is 34.0. The van der Waals surface area contributed by atoms with Crippen LogP contribution in [-0.4, -0.2) is 156 Å². The van der Waals surface area contributed by atoms with E-state index in [1.807, 2.05) is 13.8 Å². The van der Waals surface area contributed by atoms with Gasteiger partial charge in [-0.3, -0.25) is 43.2 Å². The molecular formula is C102H114N10O21. The molecule has 0 saturated heterocycles. The van der Waals surface area contributed by atoms with Crippen LogP contribution in [0.2, 0.25) is 0 Å². The number of hydrogen-bond donors (Lipinski definition) is 6. The van der Waals surface area contributed by atoms with Gasteiger partial charge < -0.3 is 60.3 Å². The van der Waals surface area contributed by atoms with Crippen LogP contribution in [0.15, 0.2) is 265 Å². The Hall–Kier alpha value is -15.4. The Bertz CT molecular complexity index is 5590. The van der Waals surface area contributed by atoms with E-state index in [2.05, 4.69) is 31.9 Å². The van der Waals surface area contributed by atoms with Crippen molar-refractivity contribution in [2.24, 2.45) is 11.8 Å². The minimum absolute atomic E-state index is 0.0628. The molecule has 0 bridgehead atoms. The summed E-state index contributed by atoms with van der Waals surface area (Å²) >= 11 is 0. The maximum atomic E-state index is 16.5. The Morgan fingerprint density at radius 3 is 0.759 bits per heavy atom. The zero-order chi connectivity index (χ0) is 97.5. The summed E-state index contributed by atoms with van der Waals surface area (Å²) in [4.78, 5) is 232. The molecule has 8 aromatic carbocycles.